The Hall–Kier alpha value is -1.77. The minimum absolute atomic E-state index is 0.0197. The summed E-state index contributed by atoms with van der Waals surface area (Å²) >= 11 is 12.6. The van der Waals surface area contributed by atoms with Gasteiger partial charge in [-0.25, -0.2) is 0 Å². The Morgan fingerprint density at radius 3 is 2.35 bits per heavy atom. The van der Waals surface area contributed by atoms with Gasteiger partial charge in [0.15, 0.2) is 0 Å². The highest BCUT2D eigenvalue weighted by atomic mass is 35.5. The first-order valence-electron chi connectivity index (χ1n) is 5.31. The average molecular weight is 326 g/mol. The highest BCUT2D eigenvalue weighted by molar-refractivity contribution is 7.99. The van der Waals surface area contributed by atoms with Gasteiger partial charge in [-0.1, -0.05) is 18.2 Å². The first kappa shape index (κ1) is 13.2. The second kappa shape index (κ2) is 5.70. The molecule has 0 fully saturated rings. The van der Waals surface area contributed by atoms with E-state index in [9.17, 15) is 0 Å². The normalized spacial score (nSPS) is 10.7. The third-order valence-electron chi connectivity index (χ3n) is 2.18. The van der Waals surface area contributed by atoms with Crippen LogP contribution in [-0.4, -0.2) is 35.2 Å². The molecular weight excluding hydrogens is 321 g/mol. The number of rotatable bonds is 3. The molecule has 2 heterocycles. The zero-order valence-corrected chi connectivity index (χ0v) is 12.0. The molecule has 0 saturated carbocycles. The second-order valence-corrected chi connectivity index (χ2v) is 5.08. The van der Waals surface area contributed by atoms with Crippen molar-refractivity contribution in [3.8, 4) is 5.69 Å². The molecule has 10 heteroatoms. The van der Waals surface area contributed by atoms with Crippen molar-refractivity contribution in [1.29, 1.82) is 0 Å². The van der Waals surface area contributed by atoms with Crippen LogP contribution in [0.25, 0.3) is 5.69 Å². The zero-order chi connectivity index (χ0) is 13.9. The lowest BCUT2D eigenvalue weighted by Gasteiger charge is -2.03. The number of aromatic nitrogens is 7. The van der Waals surface area contributed by atoms with Gasteiger partial charge in [-0.2, -0.15) is 19.6 Å². The van der Waals surface area contributed by atoms with E-state index >= 15 is 0 Å². The number of tetrazole rings is 1. The molecule has 0 radical (unpaired) electrons. The third kappa shape index (κ3) is 2.87. The van der Waals surface area contributed by atoms with E-state index in [-0.39, 0.29) is 10.6 Å². The summed E-state index contributed by atoms with van der Waals surface area (Å²) in [6.45, 7) is 0. The Morgan fingerprint density at radius 1 is 0.950 bits per heavy atom. The largest absolute Gasteiger partial charge is 0.227 e. The van der Waals surface area contributed by atoms with Gasteiger partial charge < -0.3 is 0 Å². The highest BCUT2D eigenvalue weighted by Crippen LogP contribution is 2.25. The third-order valence-corrected chi connectivity index (χ3v) is 3.32. The summed E-state index contributed by atoms with van der Waals surface area (Å²) in [5.74, 6) is 0. The summed E-state index contributed by atoms with van der Waals surface area (Å²) in [7, 11) is 0. The van der Waals surface area contributed by atoms with Crippen molar-refractivity contribution >= 4 is 35.0 Å². The lowest BCUT2D eigenvalue weighted by atomic mass is 10.3. The minimum atomic E-state index is 0.0197. The summed E-state index contributed by atoms with van der Waals surface area (Å²) in [5.41, 5.74) is 0.825. The predicted octanol–water partition coefficient (Wildman–Crippen LogP) is 2.31. The molecule has 0 aliphatic carbocycles. The first-order chi connectivity index (χ1) is 9.72. The monoisotopic (exact) mass is 325 g/mol. The molecule has 0 atom stereocenters. The van der Waals surface area contributed by atoms with Crippen molar-refractivity contribution in [1.82, 2.24) is 35.2 Å². The molecule has 20 heavy (non-hydrogen) atoms. The molecule has 0 saturated heterocycles. The molecule has 7 nitrogen and oxygen atoms in total. The predicted molar refractivity (Wildman–Crippen MR) is 73.1 cm³/mol. The van der Waals surface area contributed by atoms with Crippen LogP contribution in [0.3, 0.4) is 0 Å². The van der Waals surface area contributed by atoms with Gasteiger partial charge in [0.05, 0.1) is 5.69 Å². The van der Waals surface area contributed by atoms with Crippen LogP contribution in [0.5, 0.6) is 0 Å². The number of nitrogens with zero attached hydrogens (tertiary/aromatic N) is 7. The quantitative estimate of drug-likeness (QED) is 0.730. The van der Waals surface area contributed by atoms with Crippen molar-refractivity contribution < 1.29 is 0 Å². The van der Waals surface area contributed by atoms with Crippen LogP contribution in [0.1, 0.15) is 0 Å². The summed E-state index contributed by atoms with van der Waals surface area (Å²) in [5, 5.41) is 12.4. The molecule has 100 valence electrons. The number of hydrogen-bond donors (Lipinski definition) is 0. The smallest absolute Gasteiger partial charge is 0.191 e. The maximum atomic E-state index is 5.73. The fourth-order valence-corrected chi connectivity index (χ4v) is 2.61. The number of para-hydroxylation sites is 1. The molecule has 3 rings (SSSR count). The van der Waals surface area contributed by atoms with Gasteiger partial charge in [0.1, 0.15) is 0 Å². The van der Waals surface area contributed by atoms with Gasteiger partial charge in [0.25, 0.3) is 0 Å². The average Bonchev–Trinajstić information content (AvgIpc) is 2.86. The molecule has 0 unspecified atom stereocenters. The summed E-state index contributed by atoms with van der Waals surface area (Å²) < 4.78 is 1.57. The Bertz CT molecular complexity index is 713. The maximum Gasteiger partial charge on any atom is 0.227 e. The molecule has 2 aromatic heterocycles. The molecule has 0 bridgehead atoms. The fraction of sp³-hybridized carbons (Fsp3) is 0. The van der Waals surface area contributed by atoms with Crippen LogP contribution < -0.4 is 0 Å². The van der Waals surface area contributed by atoms with E-state index in [1.807, 2.05) is 30.3 Å². The molecule has 1 aromatic carbocycles. The standard InChI is InChI=1S/C10H5Cl2N7S/c11-7-13-8(12)15-9(14-7)20-10-16-17-18-19(10)6-4-2-1-3-5-6/h1-5H. The van der Waals surface area contributed by atoms with Crippen molar-refractivity contribution in [2.24, 2.45) is 0 Å². The maximum absolute atomic E-state index is 5.73. The topological polar surface area (TPSA) is 82.3 Å². The van der Waals surface area contributed by atoms with Gasteiger partial charge in [-0.05, 0) is 57.5 Å². The Labute approximate surface area is 127 Å². The van der Waals surface area contributed by atoms with Crippen molar-refractivity contribution in [3.05, 3.63) is 40.9 Å². The van der Waals surface area contributed by atoms with Crippen LogP contribution in [0.4, 0.5) is 0 Å². The van der Waals surface area contributed by atoms with Gasteiger partial charge in [-0.15, -0.1) is 5.10 Å². The number of hydrogen-bond acceptors (Lipinski definition) is 7. The van der Waals surface area contributed by atoms with E-state index in [1.165, 1.54) is 0 Å². The lowest BCUT2D eigenvalue weighted by Crippen LogP contribution is -1.99. The first-order valence-corrected chi connectivity index (χ1v) is 6.88. The van der Waals surface area contributed by atoms with E-state index in [2.05, 4.69) is 30.5 Å². The summed E-state index contributed by atoms with van der Waals surface area (Å²) in [6.07, 6.45) is 0. The fourth-order valence-electron chi connectivity index (χ4n) is 1.41. The molecule has 0 aliphatic rings. The molecular formula is C10H5Cl2N7S. The van der Waals surface area contributed by atoms with E-state index in [0.29, 0.717) is 10.3 Å². The lowest BCUT2D eigenvalue weighted by molar-refractivity contribution is 0.754. The minimum Gasteiger partial charge on any atom is -0.191 e. The van der Waals surface area contributed by atoms with Crippen molar-refractivity contribution in [2.75, 3.05) is 0 Å². The van der Waals surface area contributed by atoms with Crippen LogP contribution >= 0.6 is 35.0 Å². The number of benzene rings is 1. The van der Waals surface area contributed by atoms with E-state index in [0.717, 1.165) is 17.4 Å². The van der Waals surface area contributed by atoms with E-state index in [4.69, 9.17) is 23.2 Å². The van der Waals surface area contributed by atoms with Crippen LogP contribution in [0.2, 0.25) is 10.6 Å². The second-order valence-electron chi connectivity index (χ2n) is 3.47. The van der Waals surface area contributed by atoms with E-state index < -0.39 is 0 Å². The van der Waals surface area contributed by atoms with Crippen LogP contribution in [0.15, 0.2) is 40.6 Å². The van der Waals surface area contributed by atoms with Crippen LogP contribution in [0, 0.1) is 0 Å². The summed E-state index contributed by atoms with van der Waals surface area (Å²) in [4.78, 5) is 11.6. The van der Waals surface area contributed by atoms with Crippen LogP contribution in [-0.2, 0) is 0 Å². The molecule has 0 aliphatic heterocycles. The summed E-state index contributed by atoms with van der Waals surface area (Å²) in [6, 6.07) is 9.46. The highest BCUT2D eigenvalue weighted by Gasteiger charge is 2.13. The van der Waals surface area contributed by atoms with E-state index in [1.54, 1.807) is 4.68 Å². The zero-order valence-electron chi connectivity index (χ0n) is 9.68. The molecule has 0 spiro atoms. The molecule has 0 amide bonds. The molecule has 3 aromatic rings. The Morgan fingerprint density at radius 2 is 1.65 bits per heavy atom. The van der Waals surface area contributed by atoms with Crippen molar-refractivity contribution in [2.45, 2.75) is 10.3 Å². The van der Waals surface area contributed by atoms with Gasteiger partial charge >= 0.3 is 0 Å². The molecule has 0 N–H and O–H groups in total. The van der Waals surface area contributed by atoms with Gasteiger partial charge in [0, 0.05) is 0 Å². The SMILES string of the molecule is Clc1nc(Cl)nc(Sc2nnnn2-c2ccccc2)n1. The van der Waals surface area contributed by atoms with Crippen molar-refractivity contribution in [3.63, 3.8) is 0 Å². The Balaban J connectivity index is 1.94. The number of halogens is 2. The van der Waals surface area contributed by atoms with Gasteiger partial charge in [0.2, 0.25) is 20.9 Å². The Kier molecular flexibility index (Phi) is 3.77. The van der Waals surface area contributed by atoms with Gasteiger partial charge in [-0.3, -0.25) is 0 Å².